The first-order chi connectivity index (χ1) is 15.4. The van der Waals surface area contributed by atoms with Crippen LogP contribution < -0.4 is 5.56 Å². The second-order valence-electron chi connectivity index (χ2n) is 9.08. The third-order valence-corrected chi connectivity index (χ3v) is 6.76. The number of halogens is 1. The minimum absolute atomic E-state index is 0.0492. The van der Waals surface area contributed by atoms with Gasteiger partial charge in [-0.15, -0.1) is 0 Å². The van der Waals surface area contributed by atoms with Gasteiger partial charge in [0.25, 0.3) is 11.5 Å². The molecule has 168 valence electrons. The largest absolute Gasteiger partial charge is 0.330 e. The Morgan fingerprint density at radius 3 is 2.72 bits per heavy atom. The zero-order valence-electron chi connectivity index (χ0n) is 18.5. The fourth-order valence-electron chi connectivity index (χ4n) is 4.90. The molecule has 3 aromatic rings. The van der Waals surface area contributed by atoms with Crippen molar-refractivity contribution >= 4 is 11.6 Å². The summed E-state index contributed by atoms with van der Waals surface area (Å²) < 4.78 is 14.8. The molecule has 32 heavy (non-hydrogen) atoms. The fourth-order valence-corrected chi connectivity index (χ4v) is 4.90. The standard InChI is InChI=1S/C24H28FN5O2/c1-15(2)28-12-10-18-20(14-28)26-22-13-19(27-30(22)24(18)32)21-5-3-4-11-29(21)23(31)16-6-8-17(25)9-7-16/h6-9,13,15,21,27H,3-5,10-12,14H2,1-2H3/t21-/m0/s1. The van der Waals surface area contributed by atoms with Crippen LogP contribution in [0.1, 0.15) is 66.5 Å². The van der Waals surface area contributed by atoms with E-state index in [9.17, 15) is 14.0 Å². The number of likely N-dealkylation sites (tertiary alicyclic amines) is 1. The van der Waals surface area contributed by atoms with Crippen LogP contribution >= 0.6 is 0 Å². The van der Waals surface area contributed by atoms with Gasteiger partial charge >= 0.3 is 0 Å². The molecule has 1 N–H and O–H groups in total. The van der Waals surface area contributed by atoms with Crippen LogP contribution in [0.25, 0.3) is 5.65 Å². The molecule has 2 aliphatic rings. The van der Waals surface area contributed by atoms with E-state index in [2.05, 4.69) is 23.8 Å². The Hall–Kier alpha value is -3.00. The Morgan fingerprint density at radius 1 is 1.19 bits per heavy atom. The van der Waals surface area contributed by atoms with Crippen molar-refractivity contribution in [1.82, 2.24) is 24.4 Å². The maximum atomic E-state index is 13.3. The van der Waals surface area contributed by atoms with Crippen molar-refractivity contribution in [1.29, 1.82) is 0 Å². The number of piperidine rings is 1. The summed E-state index contributed by atoms with van der Waals surface area (Å²) in [4.78, 5) is 35.3. The van der Waals surface area contributed by atoms with Crippen molar-refractivity contribution in [2.75, 3.05) is 13.1 Å². The lowest BCUT2D eigenvalue weighted by Crippen LogP contribution is -2.40. The highest BCUT2D eigenvalue weighted by molar-refractivity contribution is 5.94. The predicted molar refractivity (Wildman–Crippen MR) is 119 cm³/mol. The molecule has 0 saturated carbocycles. The number of fused-ring (bicyclic) bond motifs is 2. The molecule has 1 fully saturated rings. The van der Waals surface area contributed by atoms with Gasteiger partial charge in [0, 0.05) is 42.9 Å². The number of benzene rings is 1. The summed E-state index contributed by atoms with van der Waals surface area (Å²) in [5.74, 6) is -0.488. The van der Waals surface area contributed by atoms with Crippen LogP contribution in [0.4, 0.5) is 4.39 Å². The number of H-pyrrole nitrogens is 1. The van der Waals surface area contributed by atoms with Crippen LogP contribution in [-0.2, 0) is 13.0 Å². The zero-order valence-corrected chi connectivity index (χ0v) is 18.5. The highest BCUT2D eigenvalue weighted by Crippen LogP contribution is 2.32. The molecule has 2 aromatic heterocycles. The second kappa shape index (κ2) is 8.16. The van der Waals surface area contributed by atoms with E-state index in [4.69, 9.17) is 4.98 Å². The lowest BCUT2D eigenvalue weighted by Gasteiger charge is -2.35. The van der Waals surface area contributed by atoms with E-state index in [0.717, 1.165) is 42.8 Å². The molecule has 1 saturated heterocycles. The third kappa shape index (κ3) is 3.62. The van der Waals surface area contributed by atoms with Gasteiger partial charge in [-0.1, -0.05) is 0 Å². The molecule has 0 unspecified atom stereocenters. The predicted octanol–water partition coefficient (Wildman–Crippen LogP) is 3.30. The van der Waals surface area contributed by atoms with E-state index in [1.807, 2.05) is 11.0 Å². The third-order valence-electron chi connectivity index (χ3n) is 6.76. The smallest absolute Gasteiger partial charge is 0.276 e. The Kier molecular flexibility index (Phi) is 5.33. The van der Waals surface area contributed by atoms with Gasteiger partial charge in [0.1, 0.15) is 5.82 Å². The number of aromatic nitrogens is 3. The molecule has 0 radical (unpaired) electrons. The monoisotopic (exact) mass is 437 g/mol. The zero-order chi connectivity index (χ0) is 22.4. The summed E-state index contributed by atoms with van der Waals surface area (Å²) in [6.07, 6.45) is 3.40. The Morgan fingerprint density at radius 2 is 1.97 bits per heavy atom. The van der Waals surface area contributed by atoms with E-state index < -0.39 is 0 Å². The molecule has 0 aliphatic carbocycles. The van der Waals surface area contributed by atoms with Crippen molar-refractivity contribution in [3.05, 3.63) is 69.0 Å². The molecular weight excluding hydrogens is 409 g/mol. The summed E-state index contributed by atoms with van der Waals surface area (Å²) in [7, 11) is 0. The number of carbonyl (C=O) groups is 1. The summed E-state index contributed by atoms with van der Waals surface area (Å²) in [5.41, 5.74) is 3.45. The minimum atomic E-state index is -0.363. The van der Waals surface area contributed by atoms with Crippen LogP contribution in [0, 0.1) is 5.82 Å². The molecule has 1 atom stereocenters. The van der Waals surface area contributed by atoms with Gasteiger partial charge < -0.3 is 4.90 Å². The van der Waals surface area contributed by atoms with Gasteiger partial charge in [0.2, 0.25) is 0 Å². The van der Waals surface area contributed by atoms with Crippen molar-refractivity contribution in [3.63, 3.8) is 0 Å². The van der Waals surface area contributed by atoms with E-state index in [1.165, 1.54) is 28.8 Å². The number of hydrogen-bond donors (Lipinski definition) is 1. The highest BCUT2D eigenvalue weighted by atomic mass is 19.1. The molecule has 4 heterocycles. The fraction of sp³-hybridized carbons (Fsp3) is 0.458. The van der Waals surface area contributed by atoms with E-state index in [-0.39, 0.29) is 23.3 Å². The highest BCUT2D eigenvalue weighted by Gasteiger charge is 2.31. The molecule has 1 amide bonds. The number of amides is 1. The van der Waals surface area contributed by atoms with Crippen molar-refractivity contribution in [2.24, 2.45) is 0 Å². The van der Waals surface area contributed by atoms with Crippen molar-refractivity contribution < 1.29 is 9.18 Å². The van der Waals surface area contributed by atoms with E-state index in [1.54, 1.807) is 0 Å². The van der Waals surface area contributed by atoms with Crippen molar-refractivity contribution in [2.45, 2.75) is 58.2 Å². The molecule has 7 nitrogen and oxygen atoms in total. The van der Waals surface area contributed by atoms with Gasteiger partial charge in [0.15, 0.2) is 5.65 Å². The van der Waals surface area contributed by atoms with Crippen LogP contribution in [0.5, 0.6) is 0 Å². The number of nitrogens with zero attached hydrogens (tertiary/aromatic N) is 4. The minimum Gasteiger partial charge on any atom is -0.330 e. The topological polar surface area (TPSA) is 73.7 Å². The second-order valence-corrected chi connectivity index (χ2v) is 9.08. The lowest BCUT2D eigenvalue weighted by molar-refractivity contribution is 0.0605. The first-order valence-corrected chi connectivity index (χ1v) is 11.4. The maximum Gasteiger partial charge on any atom is 0.276 e. The summed E-state index contributed by atoms with van der Waals surface area (Å²) in [6, 6.07) is 7.79. The number of nitrogens with one attached hydrogen (secondary N) is 1. The van der Waals surface area contributed by atoms with Gasteiger partial charge in [-0.05, 0) is 63.8 Å². The quantitative estimate of drug-likeness (QED) is 0.682. The Labute approximate surface area is 185 Å². The van der Waals surface area contributed by atoms with E-state index in [0.29, 0.717) is 36.8 Å². The Balaban J connectivity index is 1.50. The molecule has 0 spiro atoms. The summed E-state index contributed by atoms with van der Waals surface area (Å²) in [5, 5.41) is 3.24. The Bertz CT molecular complexity index is 1210. The average molecular weight is 438 g/mol. The molecule has 5 rings (SSSR count). The lowest BCUT2D eigenvalue weighted by atomic mass is 9.98. The molecule has 2 aliphatic heterocycles. The number of rotatable bonds is 3. The van der Waals surface area contributed by atoms with Gasteiger partial charge in [-0.25, -0.2) is 13.9 Å². The molecule has 0 bridgehead atoms. The summed E-state index contributed by atoms with van der Waals surface area (Å²) >= 11 is 0. The first kappa shape index (κ1) is 20.9. The van der Waals surface area contributed by atoms with Crippen molar-refractivity contribution in [3.8, 4) is 0 Å². The van der Waals surface area contributed by atoms with Crippen LogP contribution in [-0.4, -0.2) is 49.4 Å². The van der Waals surface area contributed by atoms with Gasteiger partial charge in [0.05, 0.1) is 17.4 Å². The first-order valence-electron chi connectivity index (χ1n) is 11.4. The van der Waals surface area contributed by atoms with Gasteiger partial charge in [-0.2, -0.15) is 0 Å². The normalized spacial score (nSPS) is 19.5. The van der Waals surface area contributed by atoms with Crippen LogP contribution in [0.2, 0.25) is 0 Å². The number of aromatic amines is 1. The number of hydrogen-bond acceptors (Lipinski definition) is 4. The van der Waals surface area contributed by atoms with Crippen LogP contribution in [0.15, 0.2) is 35.1 Å². The van der Waals surface area contributed by atoms with Crippen LogP contribution in [0.3, 0.4) is 0 Å². The molecule has 1 aromatic carbocycles. The van der Waals surface area contributed by atoms with E-state index >= 15 is 0 Å². The van der Waals surface area contributed by atoms with Gasteiger partial charge in [-0.3, -0.25) is 19.6 Å². The average Bonchev–Trinajstić information content (AvgIpc) is 3.23. The SMILES string of the molecule is CC(C)N1CCc2c(nc3cc([C@@H]4CCCCN4C(=O)c4ccc(F)cc4)[nH]n3c2=O)C1. The maximum absolute atomic E-state index is 13.3. The number of carbonyl (C=O) groups excluding carboxylic acids is 1. The molecular formula is C24H28FN5O2. The molecule has 8 heteroatoms. The summed E-state index contributed by atoms with van der Waals surface area (Å²) in [6.45, 7) is 6.46.